The summed E-state index contributed by atoms with van der Waals surface area (Å²) < 4.78 is 23.3. The summed E-state index contributed by atoms with van der Waals surface area (Å²) in [4.78, 5) is 25.4. The standard InChI is InChI=1S/C55H109N2O6P/c1-6-8-10-12-14-16-18-20-21-22-23-24-25-26-27-28-29-30-31-32-33-34-35-37-38-40-42-44-46-48-54(58)53(52-63-64(60,61)62-51-50-57(3,4)5)56-55(59)49-47-45-43-41-39-36-19-17-15-13-11-9-7-2/h11,13,17,19,53-54,58H,6-10,12,14-16,18,20-52H2,1-5H3,(H-,56,59,60,61)/b13-11-,19-17-. The number of aliphatic hydroxyl groups is 1. The summed E-state index contributed by atoms with van der Waals surface area (Å²) in [6.07, 6.45) is 57.9. The molecule has 0 saturated carbocycles. The Bertz CT molecular complexity index is 1090. The van der Waals surface area contributed by atoms with Crippen LogP contribution in [0.15, 0.2) is 24.3 Å². The van der Waals surface area contributed by atoms with Crippen molar-refractivity contribution in [3.8, 4) is 0 Å². The highest BCUT2D eigenvalue weighted by Crippen LogP contribution is 2.38. The maximum Gasteiger partial charge on any atom is 0.268 e. The van der Waals surface area contributed by atoms with E-state index >= 15 is 0 Å². The van der Waals surface area contributed by atoms with Crippen LogP contribution >= 0.6 is 7.82 Å². The molecule has 1 amide bonds. The van der Waals surface area contributed by atoms with Crippen LogP contribution in [0.1, 0.15) is 271 Å². The van der Waals surface area contributed by atoms with Gasteiger partial charge in [-0.15, -0.1) is 0 Å². The van der Waals surface area contributed by atoms with Crippen LogP contribution in [0, 0.1) is 0 Å². The molecule has 0 aliphatic carbocycles. The van der Waals surface area contributed by atoms with Gasteiger partial charge in [-0.25, -0.2) is 0 Å². The number of nitrogens with one attached hydrogen (secondary N) is 1. The van der Waals surface area contributed by atoms with Crippen molar-refractivity contribution >= 4 is 13.7 Å². The Hall–Kier alpha value is -1.02. The van der Waals surface area contributed by atoms with E-state index in [1.165, 1.54) is 173 Å². The van der Waals surface area contributed by atoms with E-state index in [0.717, 1.165) is 70.6 Å². The number of amides is 1. The number of nitrogens with zero attached hydrogens (tertiary/aromatic N) is 1. The van der Waals surface area contributed by atoms with Gasteiger partial charge in [0, 0.05) is 6.42 Å². The number of allylic oxidation sites excluding steroid dienone is 4. The Morgan fingerprint density at radius 1 is 0.547 bits per heavy atom. The van der Waals surface area contributed by atoms with Gasteiger partial charge in [0.05, 0.1) is 39.9 Å². The van der Waals surface area contributed by atoms with Crippen LogP contribution in [-0.4, -0.2) is 68.5 Å². The third-order valence-corrected chi connectivity index (χ3v) is 13.6. The molecule has 3 unspecified atom stereocenters. The number of rotatable bonds is 51. The fourth-order valence-corrected chi connectivity index (χ4v) is 9.04. The quantitative estimate of drug-likeness (QED) is 0.0272. The lowest BCUT2D eigenvalue weighted by molar-refractivity contribution is -0.870. The van der Waals surface area contributed by atoms with Crippen molar-refractivity contribution in [2.75, 3.05) is 40.9 Å². The van der Waals surface area contributed by atoms with Crippen LogP contribution in [0.25, 0.3) is 0 Å². The van der Waals surface area contributed by atoms with E-state index in [2.05, 4.69) is 43.5 Å². The number of carbonyl (C=O) groups excluding carboxylic acids is 1. The van der Waals surface area contributed by atoms with E-state index in [9.17, 15) is 19.4 Å². The zero-order valence-corrected chi connectivity index (χ0v) is 44.1. The monoisotopic (exact) mass is 925 g/mol. The largest absolute Gasteiger partial charge is 0.756 e. The molecule has 0 heterocycles. The lowest BCUT2D eigenvalue weighted by Gasteiger charge is -2.30. The van der Waals surface area contributed by atoms with E-state index in [4.69, 9.17) is 9.05 Å². The fraction of sp³-hybridized carbons (Fsp3) is 0.909. The second kappa shape index (κ2) is 47.1. The van der Waals surface area contributed by atoms with E-state index in [-0.39, 0.29) is 19.1 Å². The van der Waals surface area contributed by atoms with Gasteiger partial charge in [0.25, 0.3) is 7.82 Å². The van der Waals surface area contributed by atoms with Gasteiger partial charge in [-0.1, -0.05) is 250 Å². The predicted molar refractivity (Wildman–Crippen MR) is 275 cm³/mol. The van der Waals surface area contributed by atoms with Gasteiger partial charge >= 0.3 is 0 Å². The summed E-state index contributed by atoms with van der Waals surface area (Å²) in [6, 6.07) is -0.806. The zero-order chi connectivity index (χ0) is 47.1. The highest BCUT2D eigenvalue weighted by Gasteiger charge is 2.24. The fourth-order valence-electron chi connectivity index (χ4n) is 8.32. The number of unbranched alkanes of at least 4 members (excludes halogenated alkanes) is 34. The van der Waals surface area contributed by atoms with Crippen LogP contribution < -0.4 is 10.2 Å². The van der Waals surface area contributed by atoms with Gasteiger partial charge < -0.3 is 28.8 Å². The van der Waals surface area contributed by atoms with Crippen molar-refractivity contribution in [1.82, 2.24) is 5.32 Å². The minimum atomic E-state index is -4.57. The van der Waals surface area contributed by atoms with Crippen molar-refractivity contribution in [2.24, 2.45) is 0 Å². The van der Waals surface area contributed by atoms with Crippen LogP contribution in [0.5, 0.6) is 0 Å². The van der Waals surface area contributed by atoms with E-state index in [1.807, 2.05) is 21.1 Å². The summed E-state index contributed by atoms with van der Waals surface area (Å²) in [5.41, 5.74) is 0. The summed E-state index contributed by atoms with van der Waals surface area (Å²) in [7, 11) is 1.30. The van der Waals surface area contributed by atoms with E-state index < -0.39 is 20.0 Å². The molecule has 0 saturated heterocycles. The molecule has 0 aromatic rings. The third kappa shape index (κ3) is 48.9. The van der Waals surface area contributed by atoms with Crippen molar-refractivity contribution in [1.29, 1.82) is 0 Å². The molecule has 9 heteroatoms. The first-order valence-electron chi connectivity index (χ1n) is 27.7. The van der Waals surface area contributed by atoms with Gasteiger partial charge in [0.1, 0.15) is 13.2 Å². The Labute approximate surface area is 398 Å². The molecule has 0 aliphatic heterocycles. The van der Waals surface area contributed by atoms with E-state index in [0.29, 0.717) is 23.9 Å². The smallest absolute Gasteiger partial charge is 0.268 e. The maximum atomic E-state index is 12.9. The molecule has 0 radical (unpaired) electrons. The molecule has 380 valence electrons. The molecule has 0 fully saturated rings. The molecular formula is C55H109N2O6P. The van der Waals surface area contributed by atoms with Crippen LogP contribution in [0.3, 0.4) is 0 Å². The summed E-state index contributed by atoms with van der Waals surface area (Å²) in [5, 5.41) is 14.0. The molecule has 0 aliphatic rings. The van der Waals surface area contributed by atoms with Crippen molar-refractivity contribution in [3.05, 3.63) is 24.3 Å². The topological polar surface area (TPSA) is 108 Å². The first-order valence-corrected chi connectivity index (χ1v) is 29.1. The van der Waals surface area contributed by atoms with Crippen LogP contribution in [-0.2, 0) is 18.4 Å². The number of hydrogen-bond acceptors (Lipinski definition) is 6. The number of aliphatic hydroxyl groups excluding tert-OH is 1. The summed E-state index contributed by atoms with van der Waals surface area (Å²) in [6.45, 7) is 4.67. The highest BCUT2D eigenvalue weighted by molar-refractivity contribution is 7.45. The number of phosphoric acid groups is 1. The van der Waals surface area contributed by atoms with Crippen molar-refractivity contribution < 1.29 is 32.9 Å². The van der Waals surface area contributed by atoms with Gasteiger partial charge in [-0.05, 0) is 38.5 Å². The Morgan fingerprint density at radius 3 is 1.36 bits per heavy atom. The second-order valence-corrected chi connectivity index (χ2v) is 21.7. The van der Waals surface area contributed by atoms with Crippen LogP contribution in [0.2, 0.25) is 0 Å². The molecular weight excluding hydrogens is 816 g/mol. The van der Waals surface area contributed by atoms with E-state index in [1.54, 1.807) is 0 Å². The molecule has 64 heavy (non-hydrogen) atoms. The maximum absolute atomic E-state index is 12.9. The molecule has 0 bridgehead atoms. The molecule has 0 aromatic carbocycles. The average molecular weight is 925 g/mol. The second-order valence-electron chi connectivity index (χ2n) is 20.3. The normalized spacial score (nSPS) is 14.2. The number of carbonyl (C=O) groups is 1. The molecule has 0 aromatic heterocycles. The lowest BCUT2D eigenvalue weighted by Crippen LogP contribution is -2.46. The number of quaternary nitrogens is 1. The van der Waals surface area contributed by atoms with Gasteiger partial charge in [-0.2, -0.15) is 0 Å². The minimum Gasteiger partial charge on any atom is -0.756 e. The molecule has 0 rings (SSSR count). The molecule has 3 atom stereocenters. The van der Waals surface area contributed by atoms with Crippen LogP contribution in [0.4, 0.5) is 0 Å². The van der Waals surface area contributed by atoms with Gasteiger partial charge in [0.2, 0.25) is 5.91 Å². The molecule has 0 spiro atoms. The Kier molecular flexibility index (Phi) is 46.3. The number of phosphoric ester groups is 1. The average Bonchev–Trinajstić information content (AvgIpc) is 3.25. The Balaban J connectivity index is 4.05. The summed E-state index contributed by atoms with van der Waals surface area (Å²) in [5.74, 6) is -0.177. The van der Waals surface area contributed by atoms with Gasteiger partial charge in [-0.3, -0.25) is 9.36 Å². The van der Waals surface area contributed by atoms with Crippen molar-refractivity contribution in [3.63, 3.8) is 0 Å². The SMILES string of the molecule is CCC/C=C\C/C=C\CCCCCCCC(=O)NC(COP(=O)([O-])OCC[N+](C)(C)C)C(O)CCCCCCCCCCCCCCCCCCCCCCCCCCCCCCC. The first kappa shape index (κ1) is 63.0. The third-order valence-electron chi connectivity index (χ3n) is 12.7. The van der Waals surface area contributed by atoms with Gasteiger partial charge in [0.15, 0.2) is 0 Å². The minimum absolute atomic E-state index is 0.0101. The number of hydrogen-bond donors (Lipinski definition) is 2. The number of likely N-dealkylation sites (N-methyl/N-ethyl adjacent to an activating group) is 1. The van der Waals surface area contributed by atoms with Crippen molar-refractivity contribution in [2.45, 2.75) is 283 Å². The molecule has 8 nitrogen and oxygen atoms in total. The zero-order valence-electron chi connectivity index (χ0n) is 43.3. The predicted octanol–water partition coefficient (Wildman–Crippen LogP) is 15.8. The highest BCUT2D eigenvalue weighted by atomic mass is 31.2. The Morgan fingerprint density at radius 2 is 0.938 bits per heavy atom. The summed E-state index contributed by atoms with van der Waals surface area (Å²) >= 11 is 0. The molecule has 2 N–H and O–H groups in total. The lowest BCUT2D eigenvalue weighted by atomic mass is 10.0. The first-order chi connectivity index (χ1) is 31.0.